The van der Waals surface area contributed by atoms with Crippen LogP contribution in [0.15, 0.2) is 36.8 Å². The van der Waals surface area contributed by atoms with E-state index in [1.54, 1.807) is 18.9 Å². The second-order valence-corrected chi connectivity index (χ2v) is 10.1. The number of likely N-dealkylation sites (tertiary alicyclic amines) is 1. The number of nitrogens with two attached hydrogens (primary N) is 1. The first-order valence-electron chi connectivity index (χ1n) is 12.0. The van der Waals surface area contributed by atoms with E-state index in [0.717, 1.165) is 22.3 Å². The molecule has 192 valence electrons. The number of nitrogens with zero attached hydrogens (tertiary/aromatic N) is 4. The number of ether oxygens (including phenoxy) is 3. The van der Waals surface area contributed by atoms with Crippen molar-refractivity contribution < 1.29 is 23.8 Å². The molecule has 2 atom stereocenters. The molecule has 1 aliphatic heterocycles. The van der Waals surface area contributed by atoms with Crippen LogP contribution in [0, 0.1) is 5.41 Å². The first-order valence-corrected chi connectivity index (χ1v) is 12.0. The summed E-state index contributed by atoms with van der Waals surface area (Å²) >= 11 is 0. The molecule has 4 rings (SSSR count). The minimum Gasteiger partial charge on any atom is -0.497 e. The monoisotopic (exact) mass is 495 g/mol. The third kappa shape index (κ3) is 5.22. The zero-order valence-corrected chi connectivity index (χ0v) is 21.4. The highest BCUT2D eigenvalue weighted by Crippen LogP contribution is 2.39. The van der Waals surface area contributed by atoms with E-state index in [9.17, 15) is 9.59 Å². The first-order chi connectivity index (χ1) is 17.1. The van der Waals surface area contributed by atoms with Crippen LogP contribution in [0.2, 0.25) is 0 Å². The lowest BCUT2D eigenvalue weighted by molar-refractivity contribution is -0.141. The van der Waals surface area contributed by atoms with Crippen LogP contribution in [0.5, 0.6) is 5.75 Å². The van der Waals surface area contributed by atoms with E-state index in [1.165, 1.54) is 6.33 Å². The molecule has 1 fully saturated rings. The number of rotatable bonds is 6. The number of anilines is 1. The Morgan fingerprint density at radius 1 is 1.17 bits per heavy atom. The maximum Gasteiger partial charge on any atom is 0.510 e. The van der Waals surface area contributed by atoms with Crippen molar-refractivity contribution in [1.82, 2.24) is 19.4 Å². The van der Waals surface area contributed by atoms with E-state index in [4.69, 9.17) is 19.9 Å². The number of benzene rings is 1. The summed E-state index contributed by atoms with van der Waals surface area (Å²) < 4.78 is 17.8. The smallest absolute Gasteiger partial charge is 0.497 e. The molecule has 3 heterocycles. The van der Waals surface area contributed by atoms with Crippen molar-refractivity contribution in [3.05, 3.63) is 36.8 Å². The van der Waals surface area contributed by atoms with E-state index >= 15 is 0 Å². The lowest BCUT2D eigenvalue weighted by Crippen LogP contribution is -2.40. The van der Waals surface area contributed by atoms with Crippen LogP contribution >= 0.6 is 0 Å². The number of hydrogen-bond acceptors (Lipinski definition) is 8. The van der Waals surface area contributed by atoms with Crippen LogP contribution < -0.4 is 10.5 Å². The number of aromatic nitrogens is 3. The quantitative estimate of drug-likeness (QED) is 0.500. The molecule has 1 aromatic carbocycles. The SMILES string of the molecule is CCOC(=O)OC1CC(n2cc(-c3ccc(OC)cc3)c3c(N)ncnc32)CN1C(=O)CC(C)(C)C. The van der Waals surface area contributed by atoms with E-state index in [-0.39, 0.29) is 24.0 Å². The van der Waals surface area contributed by atoms with Crippen LogP contribution in [0.3, 0.4) is 0 Å². The highest BCUT2D eigenvalue weighted by Gasteiger charge is 2.40. The lowest BCUT2D eigenvalue weighted by Gasteiger charge is -2.27. The fraction of sp³-hybridized carbons (Fsp3) is 0.462. The molecule has 3 aromatic rings. The van der Waals surface area contributed by atoms with Crippen LogP contribution in [-0.4, -0.2) is 58.0 Å². The summed E-state index contributed by atoms with van der Waals surface area (Å²) in [6.45, 7) is 8.25. The number of amides is 1. The van der Waals surface area contributed by atoms with E-state index in [2.05, 4.69) is 9.97 Å². The number of methoxy groups -OCH3 is 1. The molecular weight excluding hydrogens is 462 g/mol. The zero-order chi connectivity index (χ0) is 26.0. The van der Waals surface area contributed by atoms with Gasteiger partial charge in [-0.1, -0.05) is 32.9 Å². The van der Waals surface area contributed by atoms with Gasteiger partial charge in [-0.3, -0.25) is 4.79 Å². The van der Waals surface area contributed by atoms with Crippen molar-refractivity contribution in [1.29, 1.82) is 0 Å². The minimum atomic E-state index is -0.792. The molecule has 1 amide bonds. The van der Waals surface area contributed by atoms with Crippen LogP contribution in [-0.2, 0) is 14.3 Å². The minimum absolute atomic E-state index is 0.0831. The predicted molar refractivity (Wildman–Crippen MR) is 135 cm³/mol. The van der Waals surface area contributed by atoms with Crippen LogP contribution in [0.1, 0.15) is 46.6 Å². The normalized spacial score (nSPS) is 17.9. The van der Waals surface area contributed by atoms with Crippen molar-refractivity contribution in [2.24, 2.45) is 5.41 Å². The van der Waals surface area contributed by atoms with Crippen LogP contribution in [0.4, 0.5) is 10.6 Å². The van der Waals surface area contributed by atoms with Gasteiger partial charge in [0.2, 0.25) is 5.91 Å². The van der Waals surface area contributed by atoms with Crippen molar-refractivity contribution in [2.45, 2.75) is 52.8 Å². The Balaban J connectivity index is 1.73. The number of nitrogen functional groups attached to an aromatic ring is 1. The van der Waals surface area contributed by atoms with E-state index < -0.39 is 12.4 Å². The molecule has 2 N–H and O–H groups in total. The molecule has 10 heteroatoms. The average molecular weight is 496 g/mol. The van der Waals surface area contributed by atoms with Gasteiger partial charge in [-0.05, 0) is 30.0 Å². The van der Waals surface area contributed by atoms with Crippen molar-refractivity contribution in [3.63, 3.8) is 0 Å². The molecule has 1 saturated heterocycles. The molecule has 2 unspecified atom stereocenters. The van der Waals surface area contributed by atoms with Gasteiger partial charge in [-0.25, -0.2) is 14.8 Å². The maximum atomic E-state index is 13.2. The average Bonchev–Trinajstić information content (AvgIpc) is 3.41. The Hall–Kier alpha value is -3.82. The van der Waals surface area contributed by atoms with E-state index in [1.807, 2.05) is 55.8 Å². The van der Waals surface area contributed by atoms with Gasteiger partial charge in [0.25, 0.3) is 0 Å². The fourth-order valence-electron chi connectivity index (χ4n) is 4.55. The number of carbonyl (C=O) groups is 2. The molecule has 1 aliphatic rings. The molecule has 36 heavy (non-hydrogen) atoms. The van der Waals surface area contributed by atoms with Gasteiger partial charge in [-0.2, -0.15) is 0 Å². The summed E-state index contributed by atoms with van der Waals surface area (Å²) in [4.78, 5) is 35.7. The summed E-state index contributed by atoms with van der Waals surface area (Å²) in [6, 6.07) is 7.46. The van der Waals surface area contributed by atoms with Gasteiger partial charge in [-0.15, -0.1) is 0 Å². The topological polar surface area (TPSA) is 122 Å². The van der Waals surface area contributed by atoms with E-state index in [0.29, 0.717) is 30.9 Å². The first kappa shape index (κ1) is 25.3. The molecule has 0 aliphatic carbocycles. The molecular formula is C26H33N5O5. The Kier molecular flexibility index (Phi) is 7.05. The second-order valence-electron chi connectivity index (χ2n) is 10.1. The summed E-state index contributed by atoms with van der Waals surface area (Å²) in [6.07, 6.45) is 2.58. The summed E-state index contributed by atoms with van der Waals surface area (Å²) in [5, 5.41) is 0.727. The van der Waals surface area contributed by atoms with Crippen molar-refractivity contribution in [2.75, 3.05) is 26.0 Å². The summed E-state index contributed by atoms with van der Waals surface area (Å²) in [5.74, 6) is 1.03. The standard InChI is InChI=1S/C26H33N5O5/c1-6-35-25(33)36-21-11-17(13-31(21)20(32)12-26(2,3)4)30-14-19(16-7-9-18(34-5)10-8-16)22-23(27)28-15-29-24(22)30/h7-10,14-15,17,21H,6,11-13H2,1-5H3,(H2,27,28,29). The van der Waals surface area contributed by atoms with Gasteiger partial charge in [0, 0.05) is 31.1 Å². The maximum absolute atomic E-state index is 13.2. The highest BCUT2D eigenvalue weighted by molar-refractivity contribution is 6.00. The number of carbonyl (C=O) groups excluding carboxylic acids is 2. The molecule has 0 saturated carbocycles. The van der Waals surface area contributed by atoms with Gasteiger partial charge < -0.3 is 29.4 Å². The largest absolute Gasteiger partial charge is 0.510 e. The molecule has 0 spiro atoms. The Bertz CT molecular complexity index is 1250. The van der Waals surface area contributed by atoms with Gasteiger partial charge in [0.05, 0.1) is 25.1 Å². The lowest BCUT2D eigenvalue weighted by atomic mass is 9.91. The fourth-order valence-corrected chi connectivity index (χ4v) is 4.55. The van der Waals surface area contributed by atoms with Crippen molar-refractivity contribution >= 4 is 28.9 Å². The number of hydrogen-bond donors (Lipinski definition) is 1. The Morgan fingerprint density at radius 3 is 2.53 bits per heavy atom. The summed E-state index contributed by atoms with van der Waals surface area (Å²) in [7, 11) is 1.62. The summed E-state index contributed by atoms with van der Waals surface area (Å²) in [5.41, 5.74) is 8.53. The highest BCUT2D eigenvalue weighted by atomic mass is 16.7. The Morgan fingerprint density at radius 2 is 1.89 bits per heavy atom. The molecule has 10 nitrogen and oxygen atoms in total. The molecule has 0 bridgehead atoms. The van der Waals surface area contributed by atoms with Gasteiger partial charge >= 0.3 is 6.16 Å². The molecule has 2 aromatic heterocycles. The predicted octanol–water partition coefficient (Wildman–Crippen LogP) is 4.40. The van der Waals surface area contributed by atoms with Gasteiger partial charge in [0.1, 0.15) is 23.5 Å². The van der Waals surface area contributed by atoms with Crippen LogP contribution in [0.25, 0.3) is 22.2 Å². The third-order valence-electron chi connectivity index (χ3n) is 6.16. The zero-order valence-electron chi connectivity index (χ0n) is 21.4. The molecule has 0 radical (unpaired) electrons. The number of fused-ring (bicyclic) bond motifs is 1. The van der Waals surface area contributed by atoms with Gasteiger partial charge in [0.15, 0.2) is 6.23 Å². The van der Waals surface area contributed by atoms with Crippen molar-refractivity contribution in [3.8, 4) is 16.9 Å². The second kappa shape index (κ2) is 10.0. The Labute approximate surface area is 210 Å². The third-order valence-corrected chi connectivity index (χ3v) is 6.16.